The summed E-state index contributed by atoms with van der Waals surface area (Å²) in [5.41, 5.74) is 0.972. The van der Waals surface area contributed by atoms with Crippen molar-refractivity contribution in [1.29, 1.82) is 0 Å². The summed E-state index contributed by atoms with van der Waals surface area (Å²) in [6, 6.07) is 15.5. The predicted octanol–water partition coefficient (Wildman–Crippen LogP) is 5.64. The molecule has 0 aliphatic carbocycles. The average molecular weight is 449 g/mol. The Morgan fingerprint density at radius 1 is 1.03 bits per heavy atom. The number of carbonyl (C=O) groups excluding carboxylic acids is 2. The molecule has 5 nitrogen and oxygen atoms in total. The van der Waals surface area contributed by atoms with E-state index in [1.807, 2.05) is 17.5 Å². The van der Waals surface area contributed by atoms with E-state index in [1.165, 1.54) is 11.3 Å². The maximum Gasteiger partial charge on any atom is 0.265 e. The smallest absolute Gasteiger partial charge is 0.265 e. The van der Waals surface area contributed by atoms with Gasteiger partial charge in [0.05, 0.1) is 12.1 Å². The number of nitrogens with one attached hydrogen (secondary N) is 2. The Morgan fingerprint density at radius 2 is 1.76 bits per heavy atom. The highest BCUT2D eigenvalue weighted by atomic mass is 35.5. The summed E-state index contributed by atoms with van der Waals surface area (Å²) in [7, 11) is 0. The first-order chi connectivity index (χ1) is 13.9. The number of rotatable bonds is 7. The van der Waals surface area contributed by atoms with E-state index >= 15 is 0 Å². The number of para-hydroxylation sites is 2. The van der Waals surface area contributed by atoms with E-state index in [-0.39, 0.29) is 18.2 Å². The summed E-state index contributed by atoms with van der Waals surface area (Å²) in [5, 5.41) is 8.31. The largest absolute Gasteiger partial charge is 0.479 e. The zero-order chi connectivity index (χ0) is 20.8. The van der Waals surface area contributed by atoms with Gasteiger partial charge in [-0.3, -0.25) is 9.59 Å². The molecule has 2 aromatic carbocycles. The van der Waals surface area contributed by atoms with Crippen LogP contribution in [0.5, 0.6) is 5.75 Å². The second-order valence-corrected chi connectivity index (χ2v) is 8.11. The number of amides is 2. The lowest BCUT2D eigenvalue weighted by Gasteiger charge is -2.18. The molecule has 0 radical (unpaired) electrons. The molecule has 8 heteroatoms. The molecule has 1 heterocycles. The molecule has 1 unspecified atom stereocenters. The molecule has 2 N–H and O–H groups in total. The predicted molar refractivity (Wildman–Crippen MR) is 118 cm³/mol. The van der Waals surface area contributed by atoms with Crippen molar-refractivity contribution in [2.75, 3.05) is 10.6 Å². The lowest BCUT2D eigenvalue weighted by Crippen LogP contribution is -2.30. The van der Waals surface area contributed by atoms with Gasteiger partial charge in [-0.1, -0.05) is 41.4 Å². The van der Waals surface area contributed by atoms with E-state index < -0.39 is 6.10 Å². The van der Waals surface area contributed by atoms with Crippen molar-refractivity contribution in [2.45, 2.75) is 19.4 Å². The number of carbonyl (C=O) groups is 2. The number of thiophene rings is 1. The Morgan fingerprint density at radius 3 is 2.45 bits per heavy atom. The molecule has 0 spiro atoms. The van der Waals surface area contributed by atoms with Gasteiger partial charge in [0.2, 0.25) is 5.91 Å². The van der Waals surface area contributed by atoms with Gasteiger partial charge in [0, 0.05) is 20.6 Å². The summed E-state index contributed by atoms with van der Waals surface area (Å²) in [4.78, 5) is 25.7. The van der Waals surface area contributed by atoms with Crippen molar-refractivity contribution < 1.29 is 14.3 Å². The fourth-order valence-electron chi connectivity index (χ4n) is 2.55. The second kappa shape index (κ2) is 9.78. The fraction of sp³-hybridized carbons (Fsp3) is 0.143. The molecule has 1 atom stereocenters. The summed E-state index contributed by atoms with van der Waals surface area (Å²) in [6.07, 6.45) is -0.541. The van der Waals surface area contributed by atoms with Crippen LogP contribution in [0, 0.1) is 0 Å². The molecular weight excluding hydrogens is 431 g/mol. The van der Waals surface area contributed by atoms with Crippen LogP contribution >= 0.6 is 34.5 Å². The molecule has 29 heavy (non-hydrogen) atoms. The number of hydrogen-bond acceptors (Lipinski definition) is 4. The summed E-state index contributed by atoms with van der Waals surface area (Å²) in [6.45, 7) is 1.62. The van der Waals surface area contributed by atoms with Crippen molar-refractivity contribution in [3.05, 3.63) is 74.9 Å². The molecule has 3 aromatic rings. The highest BCUT2D eigenvalue weighted by Crippen LogP contribution is 2.26. The molecule has 0 aliphatic rings. The minimum atomic E-state index is -0.817. The van der Waals surface area contributed by atoms with Gasteiger partial charge in [-0.15, -0.1) is 11.3 Å². The average Bonchev–Trinajstić information content (AvgIpc) is 3.15. The van der Waals surface area contributed by atoms with Gasteiger partial charge in [0.25, 0.3) is 5.91 Å². The third-order valence-electron chi connectivity index (χ3n) is 3.88. The van der Waals surface area contributed by atoms with Crippen LogP contribution in [0.25, 0.3) is 0 Å². The lowest BCUT2D eigenvalue weighted by molar-refractivity contribution is -0.122. The first-order valence-corrected chi connectivity index (χ1v) is 10.4. The normalized spacial score (nSPS) is 11.6. The first-order valence-electron chi connectivity index (χ1n) is 8.75. The second-order valence-electron chi connectivity index (χ2n) is 6.21. The summed E-state index contributed by atoms with van der Waals surface area (Å²) >= 11 is 13.4. The standard InChI is InChI=1S/C21H18Cl2N2O3S/c1-13(21(27)24-16-10-14(22)9-15(23)11-16)28-19-7-3-2-6-18(19)25-20(26)12-17-5-4-8-29-17/h2-11,13H,12H2,1H3,(H,24,27)(H,25,26). The Hall–Kier alpha value is -2.54. The van der Waals surface area contributed by atoms with E-state index in [9.17, 15) is 9.59 Å². The Kier molecular flexibility index (Phi) is 7.14. The molecule has 3 rings (SSSR count). The molecular formula is C21H18Cl2N2O3S. The van der Waals surface area contributed by atoms with E-state index in [4.69, 9.17) is 27.9 Å². The number of anilines is 2. The van der Waals surface area contributed by atoms with E-state index in [2.05, 4.69) is 10.6 Å². The van der Waals surface area contributed by atoms with Gasteiger partial charge in [-0.2, -0.15) is 0 Å². The first kappa shape index (κ1) is 21.2. The van der Waals surface area contributed by atoms with Gasteiger partial charge >= 0.3 is 0 Å². The van der Waals surface area contributed by atoms with Crippen LogP contribution in [-0.2, 0) is 16.0 Å². The highest BCUT2D eigenvalue weighted by Gasteiger charge is 2.18. The highest BCUT2D eigenvalue weighted by molar-refractivity contribution is 7.10. The number of halogens is 2. The summed E-state index contributed by atoms with van der Waals surface area (Å²) < 4.78 is 5.79. The van der Waals surface area contributed by atoms with Crippen molar-refractivity contribution in [1.82, 2.24) is 0 Å². The molecule has 0 aliphatic heterocycles. The van der Waals surface area contributed by atoms with E-state index in [0.29, 0.717) is 27.2 Å². The van der Waals surface area contributed by atoms with Crippen LogP contribution in [0.3, 0.4) is 0 Å². The van der Waals surface area contributed by atoms with E-state index in [0.717, 1.165) is 4.88 Å². The molecule has 0 saturated carbocycles. The van der Waals surface area contributed by atoms with Crippen LogP contribution in [0.4, 0.5) is 11.4 Å². The topological polar surface area (TPSA) is 67.4 Å². The zero-order valence-electron chi connectivity index (χ0n) is 15.4. The third kappa shape index (κ3) is 6.22. The Labute approximate surface area is 182 Å². The zero-order valence-corrected chi connectivity index (χ0v) is 17.8. The lowest BCUT2D eigenvalue weighted by atomic mass is 10.2. The van der Waals surface area contributed by atoms with Gasteiger partial charge in [-0.25, -0.2) is 0 Å². The van der Waals surface area contributed by atoms with Crippen molar-refractivity contribution in [3.8, 4) is 5.75 Å². The SMILES string of the molecule is CC(Oc1ccccc1NC(=O)Cc1cccs1)C(=O)Nc1cc(Cl)cc(Cl)c1. The summed E-state index contributed by atoms with van der Waals surface area (Å²) in [5.74, 6) is -0.129. The molecule has 150 valence electrons. The monoisotopic (exact) mass is 448 g/mol. The Bertz CT molecular complexity index is 989. The fourth-order valence-corrected chi connectivity index (χ4v) is 3.78. The number of ether oxygens (including phenoxy) is 1. The number of hydrogen-bond donors (Lipinski definition) is 2. The third-order valence-corrected chi connectivity index (χ3v) is 5.19. The minimum Gasteiger partial charge on any atom is -0.479 e. The number of benzene rings is 2. The van der Waals surface area contributed by atoms with Crippen LogP contribution in [0.2, 0.25) is 10.0 Å². The van der Waals surface area contributed by atoms with Crippen LogP contribution in [0.1, 0.15) is 11.8 Å². The van der Waals surface area contributed by atoms with Crippen LogP contribution in [0.15, 0.2) is 60.0 Å². The van der Waals surface area contributed by atoms with Gasteiger partial charge in [-0.05, 0) is 48.7 Å². The van der Waals surface area contributed by atoms with Crippen LogP contribution in [-0.4, -0.2) is 17.9 Å². The maximum absolute atomic E-state index is 12.5. The van der Waals surface area contributed by atoms with Gasteiger partial charge in [0.1, 0.15) is 5.75 Å². The Balaban J connectivity index is 1.64. The van der Waals surface area contributed by atoms with Crippen molar-refractivity contribution in [2.24, 2.45) is 0 Å². The molecule has 0 bridgehead atoms. The van der Waals surface area contributed by atoms with Gasteiger partial charge in [0.15, 0.2) is 6.10 Å². The quantitative estimate of drug-likeness (QED) is 0.491. The molecule has 1 aromatic heterocycles. The van der Waals surface area contributed by atoms with Gasteiger partial charge < -0.3 is 15.4 Å². The molecule has 0 saturated heterocycles. The maximum atomic E-state index is 12.5. The molecule has 2 amide bonds. The molecule has 0 fully saturated rings. The van der Waals surface area contributed by atoms with Crippen molar-refractivity contribution in [3.63, 3.8) is 0 Å². The minimum absolute atomic E-state index is 0.158. The van der Waals surface area contributed by atoms with Crippen molar-refractivity contribution >= 4 is 57.7 Å². The van der Waals surface area contributed by atoms with Crippen LogP contribution < -0.4 is 15.4 Å². The van der Waals surface area contributed by atoms with E-state index in [1.54, 1.807) is 49.4 Å².